The number of aromatic nitrogens is 3. The van der Waals surface area contributed by atoms with Crippen molar-refractivity contribution < 1.29 is 29.2 Å². The van der Waals surface area contributed by atoms with Crippen molar-refractivity contribution in [2.24, 2.45) is 5.92 Å². The van der Waals surface area contributed by atoms with Crippen molar-refractivity contribution in [1.29, 1.82) is 0 Å². The average molecular weight is 659 g/mol. The van der Waals surface area contributed by atoms with Crippen LogP contribution in [0.25, 0.3) is 0 Å². The number of aryl methyl sites for hydroxylation is 1. The number of aliphatic hydroxyl groups is 2. The minimum Gasteiger partial charge on any atom is -0.497 e. The average Bonchev–Trinajstić information content (AvgIpc) is 3.54. The lowest BCUT2D eigenvalue weighted by molar-refractivity contribution is -0.123. The summed E-state index contributed by atoms with van der Waals surface area (Å²) in [5.41, 5.74) is 3.31. The van der Waals surface area contributed by atoms with Gasteiger partial charge in [0, 0.05) is 37.0 Å². The largest absolute Gasteiger partial charge is 0.497 e. The molecule has 250 valence electrons. The first-order chi connectivity index (χ1) is 22.6. The van der Waals surface area contributed by atoms with Gasteiger partial charge in [-0.3, -0.25) is 9.48 Å². The van der Waals surface area contributed by atoms with E-state index in [4.69, 9.17) is 14.2 Å². The first kappa shape index (κ1) is 34.3. The molecule has 47 heavy (non-hydrogen) atoms. The molecule has 1 amide bonds. The number of aliphatic hydroxyl groups excluding tert-OH is 2. The fourth-order valence-electron chi connectivity index (χ4n) is 6.78. The Kier molecular flexibility index (Phi) is 10.8. The second-order valence-electron chi connectivity index (χ2n) is 12.9. The summed E-state index contributed by atoms with van der Waals surface area (Å²) >= 11 is 0. The van der Waals surface area contributed by atoms with Gasteiger partial charge in [-0.15, -0.1) is 5.10 Å². The molecule has 0 fully saturated rings. The Balaban J connectivity index is 1.46. The topological polar surface area (TPSA) is 128 Å². The minimum absolute atomic E-state index is 0.0200. The molecular weight excluding hydrogens is 613 g/mol. The van der Waals surface area contributed by atoms with E-state index in [0.29, 0.717) is 12.2 Å². The summed E-state index contributed by atoms with van der Waals surface area (Å²) < 4.78 is 20.3. The molecule has 3 aromatic carbocycles. The van der Waals surface area contributed by atoms with Crippen LogP contribution in [0, 0.1) is 5.92 Å². The Bertz CT molecular complexity index is 1630. The lowest BCUT2D eigenvalue weighted by atomic mass is 9.86. The van der Waals surface area contributed by atoms with Crippen molar-refractivity contribution in [3.8, 4) is 11.5 Å². The Labute approximate surface area is 277 Å². The monoisotopic (exact) mass is 658 g/mol. The number of benzene rings is 3. The normalized spacial score (nSPS) is 19.6. The van der Waals surface area contributed by atoms with Crippen LogP contribution in [0.5, 0.6) is 11.5 Å². The number of carbonyl (C=O) groups excluding carboxylic acids is 1. The maximum Gasteiger partial charge on any atom is 0.252 e. The van der Waals surface area contributed by atoms with E-state index in [1.807, 2.05) is 65.5 Å². The molecule has 0 aliphatic carbocycles. The summed E-state index contributed by atoms with van der Waals surface area (Å²) in [7, 11) is 1.15. The van der Waals surface area contributed by atoms with Crippen molar-refractivity contribution in [2.75, 3.05) is 26.1 Å². The van der Waals surface area contributed by atoms with Crippen LogP contribution in [-0.2, 0) is 16.1 Å². The summed E-state index contributed by atoms with van der Waals surface area (Å²) in [5.74, 6) is 0.793. The summed E-state index contributed by atoms with van der Waals surface area (Å²) in [5, 5.41) is 32.9. The van der Waals surface area contributed by atoms with Crippen molar-refractivity contribution in [3.05, 3.63) is 95.8 Å². The van der Waals surface area contributed by atoms with Crippen LogP contribution in [-0.4, -0.2) is 72.2 Å². The van der Waals surface area contributed by atoms with Crippen LogP contribution in [0.1, 0.15) is 49.1 Å². The summed E-state index contributed by atoms with van der Waals surface area (Å²) in [6.45, 7) is 8.92. The molecule has 5 rings (SSSR count). The molecule has 0 bridgehead atoms. The number of carbonyl (C=O) groups is 1. The van der Waals surface area contributed by atoms with E-state index in [2.05, 4.69) is 47.8 Å². The third kappa shape index (κ3) is 7.43. The first-order valence-electron chi connectivity index (χ1n) is 16.1. The van der Waals surface area contributed by atoms with Gasteiger partial charge in [0.1, 0.15) is 23.7 Å². The molecule has 2 unspecified atom stereocenters. The number of anilines is 1. The maximum atomic E-state index is 12.2. The van der Waals surface area contributed by atoms with Gasteiger partial charge in [-0.1, -0.05) is 72.9 Å². The number of ether oxygens (including phenoxy) is 3. The minimum atomic E-state index is -2.23. The molecule has 3 N–H and O–H groups in total. The molecular formula is C36H46N4O6Si. The number of hydrogen-bond acceptors (Lipinski definition) is 8. The van der Waals surface area contributed by atoms with Gasteiger partial charge < -0.3 is 29.7 Å². The van der Waals surface area contributed by atoms with Crippen LogP contribution < -0.4 is 20.0 Å². The van der Waals surface area contributed by atoms with Gasteiger partial charge in [-0.2, -0.15) is 0 Å². The van der Waals surface area contributed by atoms with E-state index < -0.39 is 20.1 Å². The van der Waals surface area contributed by atoms with Gasteiger partial charge in [0.15, 0.2) is 0 Å². The van der Waals surface area contributed by atoms with E-state index in [-0.39, 0.29) is 36.2 Å². The second kappa shape index (κ2) is 14.8. The van der Waals surface area contributed by atoms with Crippen molar-refractivity contribution in [1.82, 2.24) is 15.0 Å². The van der Waals surface area contributed by atoms with Gasteiger partial charge in [-0.05, 0) is 54.8 Å². The third-order valence-corrected chi connectivity index (χ3v) is 13.9. The van der Waals surface area contributed by atoms with Crippen molar-refractivity contribution in [3.63, 3.8) is 0 Å². The van der Waals surface area contributed by atoms with Crippen LogP contribution in [0.15, 0.2) is 79.0 Å². The van der Waals surface area contributed by atoms with Gasteiger partial charge in [-0.25, -0.2) is 0 Å². The van der Waals surface area contributed by atoms with Crippen LogP contribution in [0.2, 0.25) is 18.6 Å². The van der Waals surface area contributed by atoms with E-state index in [1.54, 1.807) is 20.3 Å². The zero-order valence-corrected chi connectivity index (χ0v) is 29.0. The van der Waals surface area contributed by atoms with E-state index in [1.165, 1.54) is 12.1 Å². The van der Waals surface area contributed by atoms with Crippen LogP contribution >= 0.6 is 0 Å². The molecule has 0 radical (unpaired) electrons. The number of amides is 1. The number of hydrogen-bond donors (Lipinski definition) is 3. The smallest absolute Gasteiger partial charge is 0.252 e. The third-order valence-electron chi connectivity index (χ3n) is 9.60. The zero-order valence-electron chi connectivity index (χ0n) is 28.0. The molecule has 1 aromatic heterocycles. The standard InChI is InChI=1S/C36H46N4O6Si/c1-23-34(45-4)29-20-26(37-36(43)24(2)42)12-17-32(29)46-35(23)33(47(5,6)28-15-13-27(44-3)14-16-28)18-19-40-21-31(38-39-40)30(22-41)25-10-8-7-9-11-25/h7-17,20-21,23-24,30,33-35,41-42H,18-19,22H2,1-6H3,(H,37,43)/t23-,24+,30?,33?,34-,35-/m1/s1. The zero-order chi connectivity index (χ0) is 33.7. The molecule has 1 aliphatic rings. The molecule has 2 heterocycles. The van der Waals surface area contributed by atoms with Crippen molar-refractivity contribution in [2.45, 2.75) is 69.7 Å². The fourth-order valence-corrected chi connectivity index (χ4v) is 10.3. The Hall–Kier alpha value is -4.03. The SMILES string of the molecule is COc1ccc([Si](C)(C)C(CCn2cc(C(CO)c3ccccc3)nn2)[C@@H]2Oc3ccc(NC(=O)[C@H](C)O)cc3[C@H](OC)[C@H]2C)cc1. The summed E-state index contributed by atoms with van der Waals surface area (Å²) in [6.07, 6.45) is 1.15. The summed E-state index contributed by atoms with van der Waals surface area (Å²) in [4.78, 5) is 12.2. The van der Waals surface area contributed by atoms with Gasteiger partial charge in [0.05, 0.1) is 39.5 Å². The predicted molar refractivity (Wildman–Crippen MR) is 184 cm³/mol. The Morgan fingerprint density at radius 1 is 1.09 bits per heavy atom. The Morgan fingerprint density at radius 3 is 2.45 bits per heavy atom. The number of rotatable bonds is 13. The fraction of sp³-hybridized carbons (Fsp3) is 0.417. The van der Waals surface area contributed by atoms with E-state index in [0.717, 1.165) is 34.7 Å². The van der Waals surface area contributed by atoms with E-state index in [9.17, 15) is 15.0 Å². The molecule has 4 aromatic rings. The molecule has 10 nitrogen and oxygen atoms in total. The van der Waals surface area contributed by atoms with Crippen LogP contribution in [0.4, 0.5) is 5.69 Å². The van der Waals surface area contributed by atoms with Gasteiger partial charge in [0.25, 0.3) is 5.91 Å². The molecule has 0 saturated carbocycles. The molecule has 6 atom stereocenters. The molecule has 11 heteroatoms. The highest BCUT2D eigenvalue weighted by molar-refractivity contribution is 6.91. The Morgan fingerprint density at radius 2 is 1.81 bits per heavy atom. The lowest BCUT2D eigenvalue weighted by Gasteiger charge is -2.46. The van der Waals surface area contributed by atoms with Crippen LogP contribution in [0.3, 0.4) is 0 Å². The van der Waals surface area contributed by atoms with Gasteiger partial charge in [0.2, 0.25) is 0 Å². The van der Waals surface area contributed by atoms with Gasteiger partial charge >= 0.3 is 0 Å². The maximum absolute atomic E-state index is 12.2. The van der Waals surface area contributed by atoms with E-state index >= 15 is 0 Å². The number of methoxy groups -OCH3 is 2. The first-order valence-corrected chi connectivity index (χ1v) is 19.2. The highest BCUT2D eigenvalue weighted by Gasteiger charge is 2.47. The molecule has 0 spiro atoms. The number of fused-ring (bicyclic) bond motifs is 1. The summed E-state index contributed by atoms with van der Waals surface area (Å²) in [6, 6.07) is 23.8. The lowest BCUT2D eigenvalue weighted by Crippen LogP contribution is -2.54. The molecule has 0 saturated heterocycles. The second-order valence-corrected chi connectivity index (χ2v) is 17.7. The predicted octanol–water partition coefficient (Wildman–Crippen LogP) is 4.89. The molecule has 1 aliphatic heterocycles. The van der Waals surface area contributed by atoms with Crippen molar-refractivity contribution >= 4 is 24.9 Å². The quantitative estimate of drug-likeness (QED) is 0.173. The highest BCUT2D eigenvalue weighted by Crippen LogP contribution is 2.47. The highest BCUT2D eigenvalue weighted by atomic mass is 28.3. The number of nitrogens with zero attached hydrogens (tertiary/aromatic N) is 3. The number of nitrogens with one attached hydrogen (secondary N) is 1.